The van der Waals surface area contributed by atoms with E-state index in [1.807, 2.05) is 48.5 Å². The van der Waals surface area contributed by atoms with Crippen molar-refractivity contribution in [3.05, 3.63) is 88.6 Å². The Morgan fingerprint density at radius 2 is 1.97 bits per heavy atom. The molecular formula is C24H25ClN4O2. The van der Waals surface area contributed by atoms with Crippen molar-refractivity contribution in [2.24, 2.45) is 0 Å². The molecule has 4 N–H and O–H groups in total. The van der Waals surface area contributed by atoms with Crippen LogP contribution in [0, 0.1) is 0 Å². The molecule has 0 unspecified atom stereocenters. The van der Waals surface area contributed by atoms with Crippen molar-refractivity contribution in [2.75, 3.05) is 23.7 Å². The number of nitrogens with one attached hydrogen (secondary N) is 3. The van der Waals surface area contributed by atoms with E-state index in [-0.39, 0.29) is 18.5 Å². The van der Waals surface area contributed by atoms with Crippen LogP contribution in [0.15, 0.2) is 66.9 Å². The molecule has 0 bridgehead atoms. The van der Waals surface area contributed by atoms with Crippen LogP contribution in [0.3, 0.4) is 0 Å². The van der Waals surface area contributed by atoms with Gasteiger partial charge in [0.2, 0.25) is 0 Å². The highest BCUT2D eigenvalue weighted by atomic mass is 35.5. The fourth-order valence-corrected chi connectivity index (χ4v) is 4.09. The maximum absolute atomic E-state index is 11.0. The maximum atomic E-state index is 11.0. The molecule has 0 amide bonds. The topological polar surface area (TPSA) is 86.3 Å². The van der Waals surface area contributed by atoms with Gasteiger partial charge in [-0.25, -0.2) is 4.98 Å². The molecule has 0 fully saturated rings. The largest absolute Gasteiger partial charge is 0.481 e. The number of nitrogens with zero attached hydrogens (tertiary/aromatic N) is 1. The number of aliphatic carboxylic acids is 1. The van der Waals surface area contributed by atoms with Crippen LogP contribution in [-0.4, -0.2) is 35.2 Å². The third kappa shape index (κ3) is 5.54. The molecule has 2 heterocycles. The van der Waals surface area contributed by atoms with Gasteiger partial charge in [0, 0.05) is 12.7 Å². The van der Waals surface area contributed by atoms with Gasteiger partial charge in [-0.15, -0.1) is 0 Å². The van der Waals surface area contributed by atoms with Gasteiger partial charge in [0.05, 0.1) is 29.2 Å². The first-order valence-electron chi connectivity index (χ1n) is 10.3. The summed E-state index contributed by atoms with van der Waals surface area (Å²) < 4.78 is 0. The Morgan fingerprint density at radius 3 is 2.77 bits per heavy atom. The number of hydrogen-bond donors (Lipinski definition) is 4. The number of carboxylic acids is 1. The van der Waals surface area contributed by atoms with Crippen molar-refractivity contribution in [3.63, 3.8) is 0 Å². The van der Waals surface area contributed by atoms with E-state index in [4.69, 9.17) is 16.7 Å². The van der Waals surface area contributed by atoms with Crippen LogP contribution in [0.2, 0.25) is 5.02 Å². The normalized spacial score (nSPS) is 16.0. The lowest BCUT2D eigenvalue weighted by atomic mass is 9.97. The quantitative estimate of drug-likeness (QED) is 0.424. The van der Waals surface area contributed by atoms with Crippen molar-refractivity contribution in [1.82, 2.24) is 10.3 Å². The minimum Gasteiger partial charge on any atom is -0.481 e. The number of anilines is 2. The lowest BCUT2D eigenvalue weighted by Gasteiger charge is -2.34. The maximum Gasteiger partial charge on any atom is 0.307 e. The zero-order valence-corrected chi connectivity index (χ0v) is 17.8. The molecule has 0 spiro atoms. The van der Waals surface area contributed by atoms with Crippen molar-refractivity contribution in [3.8, 4) is 0 Å². The highest BCUT2D eigenvalue weighted by molar-refractivity contribution is 6.30. The Morgan fingerprint density at radius 1 is 1.16 bits per heavy atom. The zero-order valence-electron chi connectivity index (χ0n) is 17.0. The van der Waals surface area contributed by atoms with E-state index in [9.17, 15) is 4.79 Å². The van der Waals surface area contributed by atoms with Crippen molar-refractivity contribution in [2.45, 2.75) is 24.9 Å². The number of pyridine rings is 1. The van der Waals surface area contributed by atoms with Crippen LogP contribution >= 0.6 is 11.6 Å². The Balaban J connectivity index is 1.46. The highest BCUT2D eigenvalue weighted by Gasteiger charge is 2.27. The van der Waals surface area contributed by atoms with Crippen LogP contribution in [0.4, 0.5) is 11.5 Å². The Kier molecular flexibility index (Phi) is 6.70. The van der Waals surface area contributed by atoms with E-state index in [2.05, 4.69) is 33.1 Å². The lowest BCUT2D eigenvalue weighted by molar-refractivity contribution is -0.136. The van der Waals surface area contributed by atoms with E-state index in [1.165, 1.54) is 5.56 Å². The Labute approximate surface area is 186 Å². The predicted molar refractivity (Wildman–Crippen MR) is 124 cm³/mol. The Hall–Kier alpha value is -3.09. The fourth-order valence-electron chi connectivity index (χ4n) is 3.93. The number of aromatic nitrogens is 1. The number of hydrogen-bond acceptors (Lipinski definition) is 5. The smallest absolute Gasteiger partial charge is 0.307 e. The van der Waals surface area contributed by atoms with E-state index in [0.717, 1.165) is 42.1 Å². The summed E-state index contributed by atoms with van der Waals surface area (Å²) in [4.78, 5) is 15.4. The third-order valence-electron chi connectivity index (χ3n) is 5.37. The summed E-state index contributed by atoms with van der Waals surface area (Å²) in [7, 11) is 0. The zero-order chi connectivity index (χ0) is 21.6. The number of fused-ring (bicyclic) bond motifs is 1. The van der Waals surface area contributed by atoms with Gasteiger partial charge >= 0.3 is 5.97 Å². The summed E-state index contributed by atoms with van der Waals surface area (Å²) >= 11 is 6.06. The minimum absolute atomic E-state index is 0.0436. The lowest BCUT2D eigenvalue weighted by Crippen LogP contribution is -2.44. The first kappa shape index (κ1) is 21.2. The van der Waals surface area contributed by atoms with Gasteiger partial charge in [-0.2, -0.15) is 0 Å². The van der Waals surface area contributed by atoms with E-state index in [0.29, 0.717) is 5.02 Å². The molecule has 0 saturated carbocycles. The summed E-state index contributed by atoms with van der Waals surface area (Å²) in [6.45, 7) is 1.49. The second kappa shape index (κ2) is 9.81. The number of carbonyl (C=O) groups is 1. The number of carboxylic acid groups (broad SMARTS) is 1. The average molecular weight is 437 g/mol. The summed E-state index contributed by atoms with van der Waals surface area (Å²) in [5, 5.41) is 20.3. The minimum atomic E-state index is -0.814. The van der Waals surface area contributed by atoms with Crippen LogP contribution in [0.5, 0.6) is 0 Å². The number of rotatable bonds is 8. The SMILES string of the molecule is O=C(O)Cc1cccc(CCN[C@H](c2ccccc2)[C@H]2CNc3cc(Cl)cnc3N2)c1. The molecule has 31 heavy (non-hydrogen) atoms. The molecule has 0 saturated heterocycles. The molecule has 7 heteroatoms. The second-order valence-corrected chi connectivity index (χ2v) is 8.10. The van der Waals surface area contributed by atoms with Crippen molar-refractivity contribution < 1.29 is 9.90 Å². The molecule has 2 atom stereocenters. The van der Waals surface area contributed by atoms with E-state index in [1.54, 1.807) is 6.20 Å². The van der Waals surface area contributed by atoms with Crippen LogP contribution in [0.25, 0.3) is 0 Å². The molecule has 0 aliphatic carbocycles. The van der Waals surface area contributed by atoms with E-state index >= 15 is 0 Å². The summed E-state index contributed by atoms with van der Waals surface area (Å²) in [5.74, 6) is -0.0183. The molecule has 6 nitrogen and oxygen atoms in total. The van der Waals surface area contributed by atoms with Crippen LogP contribution < -0.4 is 16.0 Å². The average Bonchev–Trinajstić information content (AvgIpc) is 2.77. The van der Waals surface area contributed by atoms with Gasteiger partial charge in [-0.3, -0.25) is 4.79 Å². The van der Waals surface area contributed by atoms with E-state index < -0.39 is 5.97 Å². The fraction of sp³-hybridized carbons (Fsp3) is 0.250. The van der Waals surface area contributed by atoms with Gasteiger partial charge in [0.1, 0.15) is 5.82 Å². The molecular weight excluding hydrogens is 412 g/mol. The highest BCUT2D eigenvalue weighted by Crippen LogP contribution is 2.30. The second-order valence-electron chi connectivity index (χ2n) is 7.66. The molecule has 160 valence electrons. The van der Waals surface area contributed by atoms with Gasteiger partial charge in [0.25, 0.3) is 0 Å². The van der Waals surface area contributed by atoms with Gasteiger partial charge in [-0.05, 0) is 35.7 Å². The molecule has 4 rings (SSSR count). The van der Waals surface area contributed by atoms with Crippen molar-refractivity contribution in [1.29, 1.82) is 0 Å². The van der Waals surface area contributed by atoms with Crippen molar-refractivity contribution >= 4 is 29.1 Å². The standard InChI is InChI=1S/C24H25ClN4O2/c25-19-13-20-24(28-14-19)29-21(15-27-20)23(18-7-2-1-3-8-18)26-10-9-16-5-4-6-17(11-16)12-22(30)31/h1-8,11,13-14,21,23,26-27H,9-10,12,15H2,(H,28,29)(H,30,31)/t21-,23-/m1/s1. The summed E-state index contributed by atoms with van der Waals surface area (Å²) in [6.07, 6.45) is 2.50. The van der Waals surface area contributed by atoms with Gasteiger partial charge < -0.3 is 21.1 Å². The summed E-state index contributed by atoms with van der Waals surface area (Å²) in [5.41, 5.74) is 4.04. The monoisotopic (exact) mass is 436 g/mol. The predicted octanol–water partition coefficient (Wildman–Crippen LogP) is 4.14. The third-order valence-corrected chi connectivity index (χ3v) is 5.58. The summed E-state index contributed by atoms with van der Waals surface area (Å²) in [6, 6.07) is 20.2. The molecule has 1 aromatic heterocycles. The molecule has 2 aromatic carbocycles. The van der Waals surface area contributed by atoms with Crippen LogP contribution in [0.1, 0.15) is 22.7 Å². The molecule has 0 radical (unpaired) electrons. The number of benzene rings is 2. The molecule has 3 aromatic rings. The van der Waals surface area contributed by atoms with Crippen LogP contribution in [-0.2, 0) is 17.6 Å². The molecule has 1 aliphatic rings. The van der Waals surface area contributed by atoms with Gasteiger partial charge in [0.15, 0.2) is 0 Å². The Bertz CT molecular complexity index is 1040. The van der Waals surface area contributed by atoms with Gasteiger partial charge in [-0.1, -0.05) is 66.2 Å². The number of halogens is 1. The first-order chi connectivity index (χ1) is 15.1. The molecule has 1 aliphatic heterocycles. The first-order valence-corrected chi connectivity index (χ1v) is 10.7.